The smallest absolute Gasteiger partial charge is 0.307 e. The Labute approximate surface area is 104 Å². The highest BCUT2D eigenvalue weighted by atomic mass is 32.2. The van der Waals surface area contributed by atoms with Crippen LogP contribution in [0.4, 0.5) is 0 Å². The topological polar surface area (TPSA) is 74.7 Å². The van der Waals surface area contributed by atoms with Crippen LogP contribution in [0, 0.1) is 11.8 Å². The van der Waals surface area contributed by atoms with Crippen molar-refractivity contribution in [2.24, 2.45) is 11.8 Å². The first kappa shape index (κ1) is 16.4. The van der Waals surface area contributed by atoms with E-state index in [4.69, 9.17) is 5.11 Å². The van der Waals surface area contributed by atoms with Crippen molar-refractivity contribution >= 4 is 16.0 Å². The predicted octanol–water partition coefficient (Wildman–Crippen LogP) is 1.40. The molecule has 0 spiro atoms. The van der Waals surface area contributed by atoms with Gasteiger partial charge in [-0.25, -0.2) is 12.7 Å². The van der Waals surface area contributed by atoms with E-state index in [1.165, 1.54) is 11.2 Å². The van der Waals surface area contributed by atoms with Gasteiger partial charge in [0.05, 0.1) is 11.7 Å². The molecule has 1 N–H and O–H groups in total. The molecule has 102 valence electrons. The predicted molar refractivity (Wildman–Crippen MR) is 67.3 cm³/mol. The van der Waals surface area contributed by atoms with Crippen LogP contribution in [0.15, 0.2) is 0 Å². The second kappa shape index (κ2) is 6.96. The third-order valence-electron chi connectivity index (χ3n) is 2.60. The summed E-state index contributed by atoms with van der Waals surface area (Å²) in [6.07, 6.45) is 0.598. The van der Waals surface area contributed by atoms with Crippen LogP contribution in [0.3, 0.4) is 0 Å². The molecule has 0 radical (unpaired) electrons. The van der Waals surface area contributed by atoms with Gasteiger partial charge in [-0.05, 0) is 12.3 Å². The summed E-state index contributed by atoms with van der Waals surface area (Å²) in [6.45, 7) is 7.53. The molecule has 6 heteroatoms. The van der Waals surface area contributed by atoms with E-state index < -0.39 is 21.9 Å². The molecule has 0 bridgehead atoms. The molecular weight excluding hydrogens is 242 g/mol. The number of aliphatic carboxylic acids is 1. The summed E-state index contributed by atoms with van der Waals surface area (Å²) in [6, 6.07) is 0. The SMILES string of the molecule is CCN(CC(C)C(=O)O)S(=O)(=O)CCC(C)C. The number of carboxylic acids is 1. The third kappa shape index (κ3) is 6.02. The molecule has 0 saturated carbocycles. The monoisotopic (exact) mass is 265 g/mol. The molecule has 17 heavy (non-hydrogen) atoms. The fourth-order valence-corrected chi connectivity index (χ4v) is 3.21. The van der Waals surface area contributed by atoms with E-state index in [0.29, 0.717) is 18.9 Å². The minimum Gasteiger partial charge on any atom is -0.481 e. The van der Waals surface area contributed by atoms with Crippen LogP contribution in [0.25, 0.3) is 0 Å². The second-order valence-corrected chi connectivity index (χ2v) is 6.78. The van der Waals surface area contributed by atoms with Crippen molar-refractivity contribution in [3.05, 3.63) is 0 Å². The van der Waals surface area contributed by atoms with Crippen molar-refractivity contribution < 1.29 is 18.3 Å². The number of nitrogens with zero attached hydrogens (tertiary/aromatic N) is 1. The summed E-state index contributed by atoms with van der Waals surface area (Å²) in [4.78, 5) is 10.7. The van der Waals surface area contributed by atoms with Crippen LogP contribution in [0.5, 0.6) is 0 Å². The minimum absolute atomic E-state index is 0.0479. The number of carbonyl (C=O) groups is 1. The molecule has 0 aromatic carbocycles. The lowest BCUT2D eigenvalue weighted by atomic mass is 10.2. The molecule has 0 aromatic heterocycles. The highest BCUT2D eigenvalue weighted by Crippen LogP contribution is 2.10. The van der Waals surface area contributed by atoms with Crippen LogP contribution in [0.2, 0.25) is 0 Å². The lowest BCUT2D eigenvalue weighted by Crippen LogP contribution is -2.38. The first-order valence-corrected chi connectivity index (χ1v) is 7.52. The van der Waals surface area contributed by atoms with Crippen LogP contribution in [0.1, 0.15) is 34.1 Å². The Hall–Kier alpha value is -0.620. The molecule has 0 saturated heterocycles. The lowest BCUT2D eigenvalue weighted by molar-refractivity contribution is -0.141. The van der Waals surface area contributed by atoms with Gasteiger partial charge in [0, 0.05) is 13.1 Å². The molecule has 0 aliphatic carbocycles. The lowest BCUT2D eigenvalue weighted by Gasteiger charge is -2.22. The summed E-state index contributed by atoms with van der Waals surface area (Å²) in [5, 5.41) is 8.79. The molecule has 0 fully saturated rings. The number of carboxylic acid groups (broad SMARTS) is 1. The average Bonchev–Trinajstić information content (AvgIpc) is 2.22. The molecule has 0 aliphatic rings. The van der Waals surface area contributed by atoms with Crippen molar-refractivity contribution in [2.45, 2.75) is 34.1 Å². The average molecular weight is 265 g/mol. The van der Waals surface area contributed by atoms with Gasteiger partial charge in [0.25, 0.3) is 0 Å². The van der Waals surface area contributed by atoms with Gasteiger partial charge in [-0.2, -0.15) is 0 Å². The summed E-state index contributed by atoms with van der Waals surface area (Å²) in [5.74, 6) is -1.24. The minimum atomic E-state index is -3.33. The van der Waals surface area contributed by atoms with Crippen LogP contribution >= 0.6 is 0 Å². The van der Waals surface area contributed by atoms with Crippen molar-refractivity contribution in [1.82, 2.24) is 4.31 Å². The van der Waals surface area contributed by atoms with Crippen molar-refractivity contribution in [2.75, 3.05) is 18.8 Å². The first-order valence-electron chi connectivity index (χ1n) is 5.91. The Morgan fingerprint density at radius 3 is 2.18 bits per heavy atom. The van der Waals surface area contributed by atoms with Gasteiger partial charge in [0.15, 0.2) is 0 Å². The van der Waals surface area contributed by atoms with E-state index in [1.54, 1.807) is 6.92 Å². The second-order valence-electron chi connectivity index (χ2n) is 4.69. The standard InChI is InChI=1S/C11H23NO4S/c1-5-12(8-10(4)11(13)14)17(15,16)7-6-9(2)3/h9-10H,5-8H2,1-4H3,(H,13,14). The van der Waals surface area contributed by atoms with Crippen LogP contribution in [-0.4, -0.2) is 42.6 Å². The van der Waals surface area contributed by atoms with E-state index in [-0.39, 0.29) is 12.3 Å². The number of hydrogen-bond donors (Lipinski definition) is 1. The molecular formula is C11H23NO4S. The van der Waals surface area contributed by atoms with E-state index in [0.717, 1.165) is 0 Å². The van der Waals surface area contributed by atoms with Crippen molar-refractivity contribution in [3.8, 4) is 0 Å². The molecule has 1 unspecified atom stereocenters. The summed E-state index contributed by atoms with van der Waals surface area (Å²) >= 11 is 0. The zero-order valence-electron chi connectivity index (χ0n) is 11.0. The van der Waals surface area contributed by atoms with E-state index >= 15 is 0 Å². The molecule has 1 atom stereocenters. The number of rotatable bonds is 8. The van der Waals surface area contributed by atoms with Crippen molar-refractivity contribution in [3.63, 3.8) is 0 Å². The maximum atomic E-state index is 12.0. The van der Waals surface area contributed by atoms with Gasteiger partial charge in [-0.1, -0.05) is 27.7 Å². The molecule has 0 heterocycles. The summed E-state index contributed by atoms with van der Waals surface area (Å²) < 4.78 is 25.2. The van der Waals surface area contributed by atoms with Gasteiger partial charge in [0.2, 0.25) is 10.0 Å². The fourth-order valence-electron chi connectivity index (χ4n) is 1.34. The van der Waals surface area contributed by atoms with Crippen LogP contribution < -0.4 is 0 Å². The zero-order chi connectivity index (χ0) is 13.6. The Morgan fingerprint density at radius 1 is 1.29 bits per heavy atom. The van der Waals surface area contributed by atoms with Crippen molar-refractivity contribution in [1.29, 1.82) is 0 Å². The number of hydrogen-bond acceptors (Lipinski definition) is 3. The number of sulfonamides is 1. The molecule has 5 nitrogen and oxygen atoms in total. The van der Waals surface area contributed by atoms with Gasteiger partial charge in [0.1, 0.15) is 0 Å². The molecule has 0 aliphatic heterocycles. The largest absolute Gasteiger partial charge is 0.481 e. The van der Waals surface area contributed by atoms with Gasteiger partial charge in [-0.15, -0.1) is 0 Å². The Kier molecular flexibility index (Phi) is 6.70. The maximum absolute atomic E-state index is 12.0. The van der Waals surface area contributed by atoms with Gasteiger partial charge >= 0.3 is 5.97 Å². The Balaban J connectivity index is 4.58. The first-order chi connectivity index (χ1) is 7.70. The highest BCUT2D eigenvalue weighted by molar-refractivity contribution is 7.89. The zero-order valence-corrected chi connectivity index (χ0v) is 11.8. The Morgan fingerprint density at radius 2 is 1.82 bits per heavy atom. The summed E-state index contributed by atoms with van der Waals surface area (Å²) in [7, 11) is -3.33. The van der Waals surface area contributed by atoms with E-state index in [2.05, 4.69) is 0 Å². The third-order valence-corrected chi connectivity index (χ3v) is 4.54. The van der Waals surface area contributed by atoms with Crippen LogP contribution in [-0.2, 0) is 14.8 Å². The van der Waals surface area contributed by atoms with E-state index in [1.807, 2.05) is 13.8 Å². The fraction of sp³-hybridized carbons (Fsp3) is 0.909. The molecule has 0 rings (SSSR count). The highest BCUT2D eigenvalue weighted by Gasteiger charge is 2.24. The quantitative estimate of drug-likeness (QED) is 0.720. The van der Waals surface area contributed by atoms with Gasteiger partial charge in [-0.3, -0.25) is 4.79 Å². The Bertz CT molecular complexity index is 337. The summed E-state index contributed by atoms with van der Waals surface area (Å²) in [5.41, 5.74) is 0. The maximum Gasteiger partial charge on any atom is 0.307 e. The van der Waals surface area contributed by atoms with Gasteiger partial charge < -0.3 is 5.11 Å². The van der Waals surface area contributed by atoms with E-state index in [9.17, 15) is 13.2 Å². The normalized spacial score (nSPS) is 14.2. The molecule has 0 amide bonds. The molecule has 0 aromatic rings.